The molecule has 0 spiro atoms. The van der Waals surface area contributed by atoms with E-state index in [1.807, 2.05) is 60.7 Å². The third-order valence-electron chi connectivity index (χ3n) is 5.73. The number of hydrogen-bond donors (Lipinski definition) is 5. The molecule has 3 atom stereocenters. The maximum Gasteiger partial charge on any atom is 0.326 e. The molecule has 9 nitrogen and oxygen atoms in total. The number of ether oxygens (including phenoxy) is 1. The fourth-order valence-corrected chi connectivity index (χ4v) is 3.51. The van der Waals surface area contributed by atoms with Crippen LogP contribution in [0.4, 0.5) is 5.69 Å². The molecule has 0 fully saturated rings. The lowest BCUT2D eigenvalue weighted by Gasteiger charge is -2.19. The highest BCUT2D eigenvalue weighted by Crippen LogP contribution is 2.27. The number of anilines is 1. The number of aryl methyl sites for hydroxylation is 1. The molecule has 3 aromatic carbocycles. The number of aliphatic hydroxyl groups is 1. The molecule has 0 saturated carbocycles. The Bertz CT molecular complexity index is 1200. The van der Waals surface area contributed by atoms with E-state index in [-0.39, 0.29) is 30.0 Å². The van der Waals surface area contributed by atoms with Gasteiger partial charge in [0, 0.05) is 5.56 Å². The molecule has 0 radical (unpaired) electrons. The third-order valence-corrected chi connectivity index (χ3v) is 5.73. The Balaban J connectivity index is 1.78. The molecule has 0 aliphatic rings. The van der Waals surface area contributed by atoms with E-state index in [1.165, 1.54) is 25.1 Å². The number of carbonyl (C=O) groups excluding carboxylic acids is 2. The van der Waals surface area contributed by atoms with Gasteiger partial charge in [0.05, 0.1) is 11.8 Å². The fraction of sp³-hybridized carbons (Fsp3) is 0.250. The zero-order valence-electron chi connectivity index (χ0n) is 20.5. The predicted molar refractivity (Wildman–Crippen MR) is 139 cm³/mol. The number of nitrogens with one attached hydrogen (secondary N) is 2. The minimum Gasteiger partial charge on any atom is -0.487 e. The van der Waals surface area contributed by atoms with Crippen molar-refractivity contribution in [3.05, 3.63) is 95.6 Å². The van der Waals surface area contributed by atoms with Crippen LogP contribution >= 0.6 is 0 Å². The van der Waals surface area contributed by atoms with Crippen LogP contribution < -0.4 is 21.1 Å². The molecule has 6 N–H and O–H groups in total. The third kappa shape index (κ3) is 8.16. The van der Waals surface area contributed by atoms with Crippen LogP contribution in [0.2, 0.25) is 0 Å². The van der Waals surface area contributed by atoms with Gasteiger partial charge in [0.1, 0.15) is 24.4 Å². The van der Waals surface area contributed by atoms with Gasteiger partial charge >= 0.3 is 5.97 Å². The minimum atomic E-state index is -1.16. The lowest BCUT2D eigenvalue weighted by molar-refractivity contribution is -0.139. The van der Waals surface area contributed by atoms with Gasteiger partial charge in [-0.2, -0.15) is 0 Å². The van der Waals surface area contributed by atoms with Gasteiger partial charge in [-0.3, -0.25) is 9.59 Å². The molecule has 0 saturated heterocycles. The van der Waals surface area contributed by atoms with E-state index in [1.54, 1.807) is 0 Å². The first-order valence-electron chi connectivity index (χ1n) is 11.9. The number of rotatable bonds is 12. The average molecular weight is 506 g/mol. The van der Waals surface area contributed by atoms with Gasteiger partial charge in [-0.25, -0.2) is 4.79 Å². The largest absolute Gasteiger partial charge is 0.487 e. The van der Waals surface area contributed by atoms with Gasteiger partial charge in [-0.15, -0.1) is 0 Å². The van der Waals surface area contributed by atoms with Crippen LogP contribution in [0.5, 0.6) is 5.75 Å². The average Bonchev–Trinajstić information content (AvgIpc) is 2.90. The summed E-state index contributed by atoms with van der Waals surface area (Å²) in [5.41, 5.74) is 7.98. The van der Waals surface area contributed by atoms with Crippen LogP contribution in [0.15, 0.2) is 78.9 Å². The number of aliphatic hydroxyl groups excluding tert-OH is 1. The van der Waals surface area contributed by atoms with E-state index in [2.05, 4.69) is 10.6 Å². The topological polar surface area (TPSA) is 151 Å². The van der Waals surface area contributed by atoms with Gasteiger partial charge in [0.25, 0.3) is 5.91 Å². The fourth-order valence-electron chi connectivity index (χ4n) is 3.51. The molecule has 0 bridgehead atoms. The van der Waals surface area contributed by atoms with Crippen molar-refractivity contribution in [3.8, 4) is 5.75 Å². The van der Waals surface area contributed by atoms with Gasteiger partial charge in [-0.1, -0.05) is 60.7 Å². The summed E-state index contributed by atoms with van der Waals surface area (Å²) in [4.78, 5) is 37.2. The molecule has 37 heavy (non-hydrogen) atoms. The van der Waals surface area contributed by atoms with Crippen LogP contribution in [0.1, 0.15) is 34.8 Å². The molecule has 3 rings (SSSR count). The summed E-state index contributed by atoms with van der Waals surface area (Å²) in [5.74, 6) is -2.16. The molecular weight excluding hydrogens is 474 g/mol. The minimum absolute atomic E-state index is 0.159. The maximum absolute atomic E-state index is 13.0. The van der Waals surface area contributed by atoms with Crippen LogP contribution in [0.25, 0.3) is 0 Å². The number of nitrogens with two attached hydrogens (primary N) is 1. The van der Waals surface area contributed by atoms with E-state index >= 15 is 0 Å². The molecule has 0 aliphatic carbocycles. The van der Waals surface area contributed by atoms with Crippen LogP contribution in [0, 0.1) is 0 Å². The highest BCUT2D eigenvalue weighted by atomic mass is 16.5. The number of carboxylic acids is 1. The second-order valence-electron chi connectivity index (χ2n) is 8.63. The molecule has 3 aromatic rings. The van der Waals surface area contributed by atoms with E-state index in [9.17, 15) is 24.6 Å². The Morgan fingerprint density at radius 3 is 2.16 bits per heavy atom. The second-order valence-corrected chi connectivity index (χ2v) is 8.63. The Morgan fingerprint density at radius 2 is 1.57 bits per heavy atom. The molecular formula is C28H31N3O6. The standard InChI is InChI=1S/C28H31N3O6/c1-18(32)25(29)27(34)30-22-15-13-21(16-24(22)37-17-20-10-6-3-7-11-20)26(33)31-23(28(35)36)14-12-19-8-4-2-5-9-19/h2-11,13,15-16,18,23,25,32H,12,14,17,29H2,1H3,(H,30,34)(H,31,33)(H,35,36)/t18-,23+,25+/m1/s1. The van der Waals surface area contributed by atoms with E-state index < -0.39 is 36.0 Å². The summed E-state index contributed by atoms with van der Waals surface area (Å²) in [5, 5.41) is 24.4. The first-order chi connectivity index (χ1) is 17.7. The molecule has 2 amide bonds. The quantitative estimate of drug-likeness (QED) is 0.254. The van der Waals surface area contributed by atoms with Crippen molar-refractivity contribution in [2.24, 2.45) is 5.73 Å². The number of carboxylic acid groups (broad SMARTS) is 1. The summed E-state index contributed by atoms with van der Waals surface area (Å²) in [6.45, 7) is 1.56. The van der Waals surface area contributed by atoms with Crippen LogP contribution in [-0.4, -0.2) is 46.2 Å². The van der Waals surface area contributed by atoms with Crippen LogP contribution in [0.3, 0.4) is 0 Å². The first kappa shape index (κ1) is 27.4. The van der Waals surface area contributed by atoms with Gasteiger partial charge in [-0.05, 0) is 49.1 Å². The Hall–Kier alpha value is -4.21. The van der Waals surface area contributed by atoms with E-state index in [4.69, 9.17) is 10.5 Å². The Labute approximate surface area is 215 Å². The summed E-state index contributed by atoms with van der Waals surface area (Å²) < 4.78 is 5.90. The molecule has 0 aliphatic heterocycles. The van der Waals surface area contributed by atoms with E-state index in [0.29, 0.717) is 6.42 Å². The number of hydrogen-bond acceptors (Lipinski definition) is 6. The van der Waals surface area contributed by atoms with Crippen molar-refractivity contribution in [2.45, 2.75) is 44.6 Å². The molecule has 194 valence electrons. The van der Waals surface area contributed by atoms with Gasteiger partial charge in [0.2, 0.25) is 5.91 Å². The summed E-state index contributed by atoms with van der Waals surface area (Å²) in [6.07, 6.45) is -0.367. The first-order valence-corrected chi connectivity index (χ1v) is 11.9. The number of aliphatic carboxylic acids is 1. The van der Waals surface area contributed by atoms with Crippen molar-refractivity contribution in [1.29, 1.82) is 0 Å². The number of carbonyl (C=O) groups is 3. The monoisotopic (exact) mass is 505 g/mol. The molecule has 0 heterocycles. The molecule has 0 aromatic heterocycles. The number of amides is 2. The maximum atomic E-state index is 13.0. The van der Waals surface area contributed by atoms with Gasteiger partial charge in [0.15, 0.2) is 0 Å². The second kappa shape index (κ2) is 13.2. The highest BCUT2D eigenvalue weighted by molar-refractivity contribution is 6.00. The summed E-state index contributed by atoms with van der Waals surface area (Å²) in [7, 11) is 0. The van der Waals surface area contributed by atoms with Crippen LogP contribution in [-0.2, 0) is 22.6 Å². The van der Waals surface area contributed by atoms with E-state index in [0.717, 1.165) is 11.1 Å². The normalized spacial score (nSPS) is 13.2. The van der Waals surface area contributed by atoms with Crippen molar-refractivity contribution < 1.29 is 29.3 Å². The van der Waals surface area contributed by atoms with Crippen molar-refractivity contribution >= 4 is 23.5 Å². The predicted octanol–water partition coefficient (Wildman–Crippen LogP) is 2.73. The lowest BCUT2D eigenvalue weighted by Crippen LogP contribution is -2.43. The number of benzene rings is 3. The SMILES string of the molecule is C[C@@H](O)[C@H](N)C(=O)Nc1ccc(C(=O)N[C@@H](CCc2ccccc2)C(=O)O)cc1OCc1ccccc1. The van der Waals surface area contributed by atoms with Crippen molar-refractivity contribution in [1.82, 2.24) is 5.32 Å². The Kier molecular flexibility index (Phi) is 9.76. The molecule has 9 heteroatoms. The highest BCUT2D eigenvalue weighted by Gasteiger charge is 2.23. The van der Waals surface area contributed by atoms with Crippen molar-refractivity contribution in [3.63, 3.8) is 0 Å². The summed E-state index contributed by atoms with van der Waals surface area (Å²) in [6, 6.07) is 20.8. The Morgan fingerprint density at radius 1 is 0.946 bits per heavy atom. The zero-order chi connectivity index (χ0) is 26.8. The van der Waals surface area contributed by atoms with Crippen molar-refractivity contribution in [2.75, 3.05) is 5.32 Å². The zero-order valence-corrected chi connectivity index (χ0v) is 20.5. The molecule has 0 unspecified atom stereocenters. The van der Waals surface area contributed by atoms with Gasteiger partial charge < -0.3 is 31.3 Å². The lowest BCUT2D eigenvalue weighted by atomic mass is 10.0. The summed E-state index contributed by atoms with van der Waals surface area (Å²) >= 11 is 0. The smallest absolute Gasteiger partial charge is 0.326 e.